The number of benzene rings is 3. The highest BCUT2D eigenvalue weighted by molar-refractivity contribution is 6.06. The summed E-state index contributed by atoms with van der Waals surface area (Å²) in [5.74, 6) is 0.183. The van der Waals surface area contributed by atoms with Crippen LogP contribution in [0.4, 0.5) is 11.4 Å². The highest BCUT2D eigenvalue weighted by Gasteiger charge is 2.23. The number of carbonyl (C=O) groups excluding carboxylic acids is 1. The molecule has 0 bridgehead atoms. The Balaban J connectivity index is 1.41. The molecule has 1 fully saturated rings. The van der Waals surface area contributed by atoms with E-state index in [2.05, 4.69) is 15.1 Å². The fourth-order valence-corrected chi connectivity index (χ4v) is 5.28. The number of amides is 1. The van der Waals surface area contributed by atoms with E-state index in [-0.39, 0.29) is 22.4 Å². The van der Waals surface area contributed by atoms with E-state index in [1.165, 1.54) is 37.3 Å². The summed E-state index contributed by atoms with van der Waals surface area (Å²) in [6.07, 6.45) is 0.576. The Kier molecular flexibility index (Phi) is 10.2. The van der Waals surface area contributed by atoms with E-state index in [9.17, 15) is 24.8 Å². The van der Waals surface area contributed by atoms with Crippen molar-refractivity contribution in [1.82, 2.24) is 9.80 Å². The molecule has 0 unspecified atom stereocenters. The Labute approximate surface area is 249 Å². The third kappa shape index (κ3) is 7.22. The standard InChI is InChI=1S/C31H36N4O8/c1-20-24(6-5-7-26(20)35(39)40)30(36)32-25-18-22(31(37)38)9-8-21(25)12-13-33-14-16-34(17-15-33)19-23-10-11-27(41-2)29(43-4)28(23)42-3/h5-11,18H,12-17,19H2,1-4H3,(H,32,36)(H,37,38). The number of hydrogen-bond acceptors (Lipinski definition) is 9. The summed E-state index contributed by atoms with van der Waals surface area (Å²) in [5, 5.41) is 23.7. The van der Waals surface area contributed by atoms with Gasteiger partial charge in [0.2, 0.25) is 5.75 Å². The monoisotopic (exact) mass is 592 g/mol. The van der Waals surface area contributed by atoms with E-state index < -0.39 is 16.8 Å². The van der Waals surface area contributed by atoms with Crippen LogP contribution in [-0.4, -0.2) is 85.8 Å². The largest absolute Gasteiger partial charge is 0.493 e. The Morgan fingerprint density at radius 3 is 2.23 bits per heavy atom. The number of nitro benzene ring substituents is 1. The molecule has 1 aliphatic heterocycles. The molecule has 3 aromatic rings. The number of carbonyl (C=O) groups is 2. The number of nitro groups is 1. The summed E-state index contributed by atoms with van der Waals surface area (Å²) in [6.45, 7) is 6.26. The van der Waals surface area contributed by atoms with Gasteiger partial charge in [-0.2, -0.15) is 0 Å². The highest BCUT2D eigenvalue weighted by Crippen LogP contribution is 2.40. The van der Waals surface area contributed by atoms with E-state index in [4.69, 9.17) is 14.2 Å². The van der Waals surface area contributed by atoms with Crippen LogP contribution in [-0.2, 0) is 13.0 Å². The molecule has 0 aliphatic carbocycles. The molecule has 0 radical (unpaired) electrons. The second kappa shape index (κ2) is 14.0. The van der Waals surface area contributed by atoms with Gasteiger partial charge in [0, 0.05) is 67.7 Å². The third-order valence-corrected chi connectivity index (χ3v) is 7.69. The Bertz CT molecular complexity index is 1500. The van der Waals surface area contributed by atoms with Gasteiger partial charge in [-0.1, -0.05) is 18.2 Å². The molecule has 3 aromatic carbocycles. The molecule has 1 amide bonds. The van der Waals surface area contributed by atoms with Crippen LogP contribution < -0.4 is 19.5 Å². The molecule has 12 nitrogen and oxygen atoms in total. The molecule has 1 aliphatic rings. The smallest absolute Gasteiger partial charge is 0.335 e. The Morgan fingerprint density at radius 1 is 0.930 bits per heavy atom. The molecule has 4 rings (SSSR count). The van der Waals surface area contributed by atoms with Gasteiger partial charge in [-0.3, -0.25) is 19.8 Å². The van der Waals surface area contributed by atoms with Crippen LogP contribution in [0.5, 0.6) is 17.2 Å². The Morgan fingerprint density at radius 2 is 1.60 bits per heavy atom. The number of piperazine rings is 1. The van der Waals surface area contributed by atoms with Crippen molar-refractivity contribution >= 4 is 23.3 Å². The maximum absolute atomic E-state index is 13.1. The number of ether oxygens (including phenoxy) is 3. The fourth-order valence-electron chi connectivity index (χ4n) is 5.28. The van der Waals surface area contributed by atoms with Crippen molar-refractivity contribution in [1.29, 1.82) is 0 Å². The molecule has 1 saturated heterocycles. The summed E-state index contributed by atoms with van der Waals surface area (Å²) in [7, 11) is 4.79. The van der Waals surface area contributed by atoms with Gasteiger partial charge in [-0.05, 0) is 43.2 Å². The van der Waals surface area contributed by atoms with Gasteiger partial charge in [-0.15, -0.1) is 0 Å². The number of nitrogens with one attached hydrogen (secondary N) is 1. The second-order valence-corrected chi connectivity index (χ2v) is 10.2. The fraction of sp³-hybridized carbons (Fsp3) is 0.355. The zero-order valence-electron chi connectivity index (χ0n) is 24.7. The summed E-state index contributed by atoms with van der Waals surface area (Å²) in [6, 6.07) is 12.8. The van der Waals surface area contributed by atoms with Crippen LogP contribution in [0.25, 0.3) is 0 Å². The molecule has 0 saturated carbocycles. The number of hydrogen-bond donors (Lipinski definition) is 2. The second-order valence-electron chi connectivity index (χ2n) is 10.2. The number of aromatic carboxylic acids is 1. The van der Waals surface area contributed by atoms with Crippen molar-refractivity contribution < 1.29 is 33.8 Å². The summed E-state index contributed by atoms with van der Waals surface area (Å²) >= 11 is 0. The lowest BCUT2D eigenvalue weighted by Gasteiger charge is -2.35. The van der Waals surface area contributed by atoms with Crippen LogP contribution in [0.15, 0.2) is 48.5 Å². The molecule has 0 spiro atoms. The van der Waals surface area contributed by atoms with E-state index in [1.54, 1.807) is 27.4 Å². The zero-order chi connectivity index (χ0) is 31.1. The van der Waals surface area contributed by atoms with Gasteiger partial charge in [0.15, 0.2) is 11.5 Å². The van der Waals surface area contributed by atoms with E-state index in [0.717, 1.165) is 37.3 Å². The highest BCUT2D eigenvalue weighted by atomic mass is 16.6. The van der Waals surface area contributed by atoms with Gasteiger partial charge in [-0.25, -0.2) is 4.79 Å². The molecule has 12 heteroatoms. The van der Waals surface area contributed by atoms with E-state index in [1.807, 2.05) is 12.1 Å². The normalized spacial score (nSPS) is 13.8. The van der Waals surface area contributed by atoms with Crippen LogP contribution in [0.1, 0.15) is 37.4 Å². The minimum atomic E-state index is -1.11. The average Bonchev–Trinajstić information content (AvgIpc) is 3.00. The van der Waals surface area contributed by atoms with Gasteiger partial charge < -0.3 is 29.5 Å². The zero-order valence-corrected chi connectivity index (χ0v) is 24.7. The lowest BCUT2D eigenvalue weighted by Crippen LogP contribution is -2.46. The van der Waals surface area contributed by atoms with Gasteiger partial charge in [0.05, 0.1) is 31.8 Å². The minimum absolute atomic E-state index is 0.0361. The predicted octanol–water partition coefficient (Wildman–Crippen LogP) is 4.24. The first kappa shape index (κ1) is 31.3. The van der Waals surface area contributed by atoms with Crippen molar-refractivity contribution in [3.05, 3.63) is 86.5 Å². The van der Waals surface area contributed by atoms with E-state index in [0.29, 0.717) is 42.4 Å². The third-order valence-electron chi connectivity index (χ3n) is 7.69. The van der Waals surface area contributed by atoms with Crippen LogP contribution >= 0.6 is 0 Å². The molecular weight excluding hydrogens is 556 g/mol. The minimum Gasteiger partial charge on any atom is -0.493 e. The average molecular weight is 593 g/mol. The molecule has 0 aromatic heterocycles. The first-order chi connectivity index (χ1) is 20.7. The summed E-state index contributed by atoms with van der Waals surface area (Å²) in [4.78, 5) is 40.3. The number of nitrogens with zero attached hydrogens (tertiary/aromatic N) is 3. The molecule has 1 heterocycles. The molecule has 0 atom stereocenters. The number of anilines is 1. The summed E-state index contributed by atoms with van der Waals surface area (Å²) in [5.41, 5.74) is 2.43. The van der Waals surface area contributed by atoms with Crippen molar-refractivity contribution in [3.63, 3.8) is 0 Å². The molecule has 43 heavy (non-hydrogen) atoms. The lowest BCUT2D eigenvalue weighted by atomic mass is 10.0. The molecule has 2 N–H and O–H groups in total. The first-order valence-corrected chi connectivity index (χ1v) is 13.8. The predicted molar refractivity (Wildman–Crippen MR) is 161 cm³/mol. The SMILES string of the molecule is COc1ccc(CN2CCN(CCc3ccc(C(=O)O)cc3NC(=O)c3cccc([N+](=O)[O-])c3C)CC2)c(OC)c1OC. The number of carboxylic acids is 1. The topological polar surface area (TPSA) is 144 Å². The van der Waals surface area contributed by atoms with Gasteiger partial charge >= 0.3 is 5.97 Å². The van der Waals surface area contributed by atoms with Crippen LogP contribution in [0.3, 0.4) is 0 Å². The molecule has 228 valence electrons. The lowest BCUT2D eigenvalue weighted by molar-refractivity contribution is -0.385. The number of carboxylic acid groups (broad SMARTS) is 1. The number of rotatable bonds is 12. The maximum atomic E-state index is 13.1. The first-order valence-electron chi connectivity index (χ1n) is 13.8. The van der Waals surface area contributed by atoms with Gasteiger partial charge in [0.25, 0.3) is 11.6 Å². The van der Waals surface area contributed by atoms with Gasteiger partial charge in [0.1, 0.15) is 0 Å². The quantitative estimate of drug-likeness (QED) is 0.231. The molecular formula is C31H36N4O8. The maximum Gasteiger partial charge on any atom is 0.335 e. The number of methoxy groups -OCH3 is 3. The van der Waals surface area contributed by atoms with Crippen molar-refractivity contribution in [3.8, 4) is 17.2 Å². The van der Waals surface area contributed by atoms with E-state index >= 15 is 0 Å². The van der Waals surface area contributed by atoms with Crippen LogP contribution in [0, 0.1) is 17.0 Å². The van der Waals surface area contributed by atoms with Crippen molar-refractivity contribution in [2.45, 2.75) is 19.9 Å². The Hall–Kier alpha value is -4.68. The van der Waals surface area contributed by atoms with Crippen molar-refractivity contribution in [2.75, 3.05) is 59.4 Å². The summed E-state index contributed by atoms with van der Waals surface area (Å²) < 4.78 is 16.5. The van der Waals surface area contributed by atoms with Crippen molar-refractivity contribution in [2.24, 2.45) is 0 Å². The van der Waals surface area contributed by atoms with Crippen LogP contribution in [0.2, 0.25) is 0 Å².